The van der Waals surface area contributed by atoms with Gasteiger partial charge in [0.25, 0.3) is 0 Å². The first-order chi connectivity index (χ1) is 8.54. The first-order valence-corrected chi connectivity index (χ1v) is 5.68. The number of hydrogen-bond donors (Lipinski definition) is 0. The van der Waals surface area contributed by atoms with Gasteiger partial charge in [0.15, 0.2) is 5.60 Å². The van der Waals surface area contributed by atoms with Crippen molar-refractivity contribution in [2.24, 2.45) is 0 Å². The maximum atomic E-state index is 13.2. The zero-order valence-corrected chi connectivity index (χ0v) is 10.3. The Labute approximate surface area is 104 Å². The van der Waals surface area contributed by atoms with E-state index in [0.717, 1.165) is 5.56 Å². The molecule has 1 aliphatic rings. The van der Waals surface area contributed by atoms with Gasteiger partial charge < -0.3 is 4.74 Å². The number of carbonyl (C=O) groups excluding carboxylic acids is 1. The number of alkyl halides is 2. The number of benzene rings is 1. The quantitative estimate of drug-likeness (QED) is 0.773. The van der Waals surface area contributed by atoms with Crippen LogP contribution in [0.1, 0.15) is 18.1 Å². The number of rotatable bonds is 3. The maximum absolute atomic E-state index is 13.2. The van der Waals surface area contributed by atoms with E-state index in [1.165, 1.54) is 6.92 Å². The van der Waals surface area contributed by atoms with E-state index in [0.29, 0.717) is 11.1 Å². The third kappa shape index (κ3) is 1.82. The van der Waals surface area contributed by atoms with Crippen LogP contribution in [0.2, 0.25) is 0 Å². The van der Waals surface area contributed by atoms with E-state index in [1.807, 2.05) is 19.1 Å². The average molecular weight is 252 g/mol. The Morgan fingerprint density at radius 2 is 1.67 bits per heavy atom. The fraction of sp³-hybridized carbons (Fsp3) is 0.357. The van der Waals surface area contributed by atoms with Crippen molar-refractivity contribution in [1.29, 1.82) is 0 Å². The lowest BCUT2D eigenvalue weighted by atomic mass is 9.88. The van der Waals surface area contributed by atoms with Gasteiger partial charge >= 0.3 is 5.97 Å². The predicted octanol–water partition coefficient (Wildman–Crippen LogP) is 3.00. The monoisotopic (exact) mass is 252 g/mol. The molecule has 1 aromatic rings. The van der Waals surface area contributed by atoms with Crippen LogP contribution in [0, 0.1) is 6.92 Å². The molecule has 0 saturated carbocycles. The summed E-state index contributed by atoms with van der Waals surface area (Å²) in [4.78, 5) is 11.5. The van der Waals surface area contributed by atoms with Gasteiger partial charge in [-0.2, -0.15) is 0 Å². The molecule has 0 atom stereocenters. The summed E-state index contributed by atoms with van der Waals surface area (Å²) in [7, 11) is 0. The van der Waals surface area contributed by atoms with Crippen LogP contribution in [-0.2, 0) is 9.53 Å². The molecule has 0 amide bonds. The number of aryl methyl sites for hydroxylation is 1. The molecule has 0 N–H and O–H groups in total. The van der Waals surface area contributed by atoms with E-state index < -0.39 is 24.9 Å². The Morgan fingerprint density at radius 1 is 1.11 bits per heavy atom. The van der Waals surface area contributed by atoms with E-state index >= 15 is 0 Å². The maximum Gasteiger partial charge on any atom is 0.335 e. The van der Waals surface area contributed by atoms with Crippen molar-refractivity contribution in [3.63, 3.8) is 0 Å². The molecule has 0 bridgehead atoms. The number of halogens is 2. The van der Waals surface area contributed by atoms with E-state index in [4.69, 9.17) is 4.74 Å². The summed E-state index contributed by atoms with van der Waals surface area (Å²) in [5.74, 6) is -0.652. The van der Waals surface area contributed by atoms with Crippen LogP contribution in [0.3, 0.4) is 0 Å². The molecular formula is C14H14F2O2. The number of carbonyl (C=O) groups is 1. The van der Waals surface area contributed by atoms with Crippen molar-refractivity contribution >= 4 is 11.5 Å². The SMILES string of the molecule is CC1=C(c2ccc(C)cc2)C(CF)(CF)OC1=O. The predicted molar refractivity (Wildman–Crippen MR) is 64.5 cm³/mol. The Balaban J connectivity index is 2.57. The molecule has 0 aromatic heterocycles. The Bertz CT molecular complexity index is 499. The number of esters is 1. The van der Waals surface area contributed by atoms with Crippen molar-refractivity contribution in [2.75, 3.05) is 13.3 Å². The number of hydrogen-bond acceptors (Lipinski definition) is 2. The van der Waals surface area contributed by atoms with Crippen LogP contribution in [0.25, 0.3) is 5.57 Å². The molecule has 0 aliphatic carbocycles. The smallest absolute Gasteiger partial charge is 0.335 e. The number of ether oxygens (including phenoxy) is 1. The van der Waals surface area contributed by atoms with Crippen LogP contribution < -0.4 is 0 Å². The molecule has 4 heteroatoms. The van der Waals surface area contributed by atoms with Gasteiger partial charge in [-0.3, -0.25) is 0 Å². The molecule has 96 valence electrons. The van der Waals surface area contributed by atoms with E-state index in [9.17, 15) is 13.6 Å². The second-order valence-electron chi connectivity index (χ2n) is 4.52. The van der Waals surface area contributed by atoms with Gasteiger partial charge in [0.05, 0.1) is 0 Å². The fourth-order valence-corrected chi connectivity index (χ4v) is 2.17. The second kappa shape index (κ2) is 4.52. The summed E-state index contributed by atoms with van der Waals surface area (Å²) in [6.07, 6.45) is 0. The topological polar surface area (TPSA) is 26.3 Å². The molecule has 2 nitrogen and oxygen atoms in total. The summed E-state index contributed by atoms with van der Waals surface area (Å²) in [6.45, 7) is 1.33. The summed E-state index contributed by atoms with van der Waals surface area (Å²) >= 11 is 0. The Kier molecular flexibility index (Phi) is 3.20. The minimum absolute atomic E-state index is 0.272. The Hall–Kier alpha value is -1.71. The van der Waals surface area contributed by atoms with Gasteiger partial charge in [-0.15, -0.1) is 0 Å². The molecule has 0 unspecified atom stereocenters. The molecular weight excluding hydrogens is 238 g/mol. The molecule has 0 saturated heterocycles. The van der Waals surface area contributed by atoms with Gasteiger partial charge in [0.2, 0.25) is 0 Å². The molecule has 0 spiro atoms. The number of cyclic esters (lactones) is 1. The van der Waals surface area contributed by atoms with Crippen molar-refractivity contribution in [3.05, 3.63) is 41.0 Å². The first kappa shape index (κ1) is 12.7. The van der Waals surface area contributed by atoms with Gasteiger partial charge in [0.1, 0.15) is 13.3 Å². The minimum atomic E-state index is -1.77. The van der Waals surface area contributed by atoms with Gasteiger partial charge in [-0.1, -0.05) is 29.8 Å². The van der Waals surface area contributed by atoms with Crippen molar-refractivity contribution in [3.8, 4) is 0 Å². The minimum Gasteiger partial charge on any atom is -0.445 e. The molecule has 2 rings (SSSR count). The normalized spacial score (nSPS) is 18.1. The summed E-state index contributed by atoms with van der Waals surface area (Å²) in [5.41, 5.74) is 0.482. The third-order valence-electron chi connectivity index (χ3n) is 3.20. The fourth-order valence-electron chi connectivity index (χ4n) is 2.17. The highest BCUT2D eigenvalue weighted by Gasteiger charge is 2.47. The Morgan fingerprint density at radius 3 is 2.17 bits per heavy atom. The van der Waals surface area contributed by atoms with Gasteiger partial charge in [-0.05, 0) is 19.4 Å². The second-order valence-corrected chi connectivity index (χ2v) is 4.52. The molecule has 0 fully saturated rings. The average Bonchev–Trinajstić information content (AvgIpc) is 2.64. The lowest BCUT2D eigenvalue weighted by molar-refractivity contribution is -0.148. The van der Waals surface area contributed by atoms with Gasteiger partial charge in [0, 0.05) is 11.1 Å². The van der Waals surface area contributed by atoms with Crippen LogP contribution in [0.5, 0.6) is 0 Å². The van der Waals surface area contributed by atoms with Crippen molar-refractivity contribution < 1.29 is 18.3 Å². The summed E-state index contributed by atoms with van der Waals surface area (Å²) in [6, 6.07) is 7.16. The highest BCUT2D eigenvalue weighted by atomic mass is 19.1. The summed E-state index contributed by atoms with van der Waals surface area (Å²) < 4.78 is 31.2. The highest BCUT2D eigenvalue weighted by molar-refractivity contribution is 6.04. The van der Waals surface area contributed by atoms with Crippen molar-refractivity contribution in [1.82, 2.24) is 0 Å². The lowest BCUT2D eigenvalue weighted by Crippen LogP contribution is -2.36. The van der Waals surface area contributed by atoms with Crippen LogP contribution in [0.15, 0.2) is 29.8 Å². The zero-order valence-electron chi connectivity index (χ0n) is 10.3. The first-order valence-electron chi connectivity index (χ1n) is 5.68. The third-order valence-corrected chi connectivity index (χ3v) is 3.20. The molecule has 1 heterocycles. The van der Waals surface area contributed by atoms with Crippen LogP contribution >= 0.6 is 0 Å². The van der Waals surface area contributed by atoms with Crippen molar-refractivity contribution in [2.45, 2.75) is 19.4 Å². The zero-order chi connectivity index (χ0) is 13.3. The molecule has 0 radical (unpaired) electrons. The highest BCUT2D eigenvalue weighted by Crippen LogP contribution is 2.40. The van der Waals surface area contributed by atoms with Crippen LogP contribution in [-0.4, -0.2) is 24.9 Å². The lowest BCUT2D eigenvalue weighted by Gasteiger charge is -2.25. The molecule has 18 heavy (non-hydrogen) atoms. The standard InChI is InChI=1S/C14H14F2O2/c1-9-3-5-11(6-4-9)12-10(2)13(17)18-14(12,7-15)8-16/h3-6H,7-8H2,1-2H3. The van der Waals surface area contributed by atoms with E-state index in [1.54, 1.807) is 12.1 Å². The van der Waals surface area contributed by atoms with Crippen LogP contribution in [0.4, 0.5) is 8.78 Å². The van der Waals surface area contributed by atoms with E-state index in [2.05, 4.69) is 0 Å². The largest absolute Gasteiger partial charge is 0.445 e. The summed E-state index contributed by atoms with van der Waals surface area (Å²) in [5, 5.41) is 0. The van der Waals surface area contributed by atoms with Gasteiger partial charge in [-0.25, -0.2) is 13.6 Å². The molecule has 1 aliphatic heterocycles. The van der Waals surface area contributed by atoms with E-state index in [-0.39, 0.29) is 5.57 Å². The molecule has 1 aromatic carbocycles.